The highest BCUT2D eigenvalue weighted by atomic mass is 16.5. The molecule has 8 nitrogen and oxygen atoms in total. The predicted molar refractivity (Wildman–Crippen MR) is 126 cm³/mol. The van der Waals surface area contributed by atoms with Crippen molar-refractivity contribution in [1.82, 2.24) is 20.1 Å². The second kappa shape index (κ2) is 8.97. The van der Waals surface area contributed by atoms with Gasteiger partial charge in [0.1, 0.15) is 11.5 Å². The van der Waals surface area contributed by atoms with Gasteiger partial charge in [0.2, 0.25) is 0 Å². The molecule has 1 N–H and O–H groups in total. The van der Waals surface area contributed by atoms with Crippen LogP contribution in [0.5, 0.6) is 11.5 Å². The molecule has 0 saturated heterocycles. The lowest BCUT2D eigenvalue weighted by Crippen LogP contribution is -2.23. The van der Waals surface area contributed by atoms with E-state index in [4.69, 9.17) is 18.9 Å². The Balaban J connectivity index is 1.71. The molecule has 4 rings (SSSR count). The smallest absolute Gasteiger partial charge is 0.252 e. The number of hydrogen-bond donors (Lipinski definition) is 1. The number of pyridine rings is 1. The van der Waals surface area contributed by atoms with Crippen LogP contribution in [0.3, 0.4) is 0 Å². The van der Waals surface area contributed by atoms with Gasteiger partial charge in [0.15, 0.2) is 17.1 Å². The van der Waals surface area contributed by atoms with E-state index in [9.17, 15) is 4.79 Å². The molecule has 8 heteroatoms. The Kier molecular flexibility index (Phi) is 6.09. The first-order valence-corrected chi connectivity index (χ1v) is 10.8. The molecule has 0 saturated carbocycles. The zero-order chi connectivity index (χ0) is 23.7. The average Bonchev–Trinajstić information content (AvgIpc) is 3.38. The van der Waals surface area contributed by atoms with Gasteiger partial charge in [-0.2, -0.15) is 5.10 Å². The van der Waals surface area contributed by atoms with Gasteiger partial charge in [-0.3, -0.25) is 4.79 Å². The molecule has 0 fully saturated rings. The number of nitrogens with one attached hydrogen (secondary N) is 1. The van der Waals surface area contributed by atoms with Crippen LogP contribution in [0.15, 0.2) is 40.9 Å². The molecule has 33 heavy (non-hydrogen) atoms. The third-order valence-corrected chi connectivity index (χ3v) is 5.52. The Morgan fingerprint density at radius 1 is 1.12 bits per heavy atom. The van der Waals surface area contributed by atoms with Crippen molar-refractivity contribution in [3.05, 3.63) is 59.2 Å². The molecule has 172 valence electrons. The van der Waals surface area contributed by atoms with E-state index in [1.54, 1.807) is 26.5 Å². The number of hydrogen-bond acceptors (Lipinski definition) is 6. The Hall–Kier alpha value is -3.81. The molecule has 0 aliphatic rings. The first-order valence-electron chi connectivity index (χ1n) is 10.8. The fourth-order valence-corrected chi connectivity index (χ4v) is 3.88. The molecule has 1 amide bonds. The number of aryl methyl sites for hydroxylation is 2. The minimum Gasteiger partial charge on any atom is -0.493 e. The molecule has 4 aromatic rings. The number of methoxy groups -OCH3 is 2. The van der Waals surface area contributed by atoms with Crippen LogP contribution >= 0.6 is 0 Å². The Morgan fingerprint density at radius 2 is 1.88 bits per heavy atom. The summed E-state index contributed by atoms with van der Waals surface area (Å²) in [6, 6.07) is 9.39. The lowest BCUT2D eigenvalue weighted by Gasteiger charge is -2.12. The summed E-state index contributed by atoms with van der Waals surface area (Å²) in [5.41, 5.74) is 3.61. The minimum atomic E-state index is -0.209. The van der Waals surface area contributed by atoms with Gasteiger partial charge >= 0.3 is 0 Å². The van der Waals surface area contributed by atoms with E-state index in [1.165, 1.54) is 0 Å². The highest BCUT2D eigenvalue weighted by molar-refractivity contribution is 6.06. The van der Waals surface area contributed by atoms with E-state index in [0.717, 1.165) is 22.6 Å². The van der Waals surface area contributed by atoms with Gasteiger partial charge in [-0.1, -0.05) is 6.07 Å². The Bertz CT molecular complexity index is 1320. The number of benzene rings is 1. The van der Waals surface area contributed by atoms with Crippen molar-refractivity contribution in [3.63, 3.8) is 0 Å². The van der Waals surface area contributed by atoms with E-state index in [0.29, 0.717) is 40.3 Å². The zero-order valence-electron chi connectivity index (χ0n) is 19.7. The molecular formula is C25H28N4O4. The molecule has 0 bridgehead atoms. The van der Waals surface area contributed by atoms with Gasteiger partial charge < -0.3 is 19.2 Å². The number of aromatic nitrogens is 3. The van der Waals surface area contributed by atoms with Crippen molar-refractivity contribution < 1.29 is 18.7 Å². The first kappa shape index (κ1) is 22.4. The number of nitrogens with zero attached hydrogens (tertiary/aromatic N) is 3. The van der Waals surface area contributed by atoms with Crippen molar-refractivity contribution in [3.8, 4) is 22.8 Å². The number of amides is 1. The maximum absolute atomic E-state index is 13.3. The highest BCUT2D eigenvalue weighted by Crippen LogP contribution is 2.30. The van der Waals surface area contributed by atoms with Crippen molar-refractivity contribution in [2.45, 2.75) is 40.3 Å². The monoisotopic (exact) mass is 448 g/mol. The van der Waals surface area contributed by atoms with Crippen LogP contribution in [0.2, 0.25) is 0 Å². The summed E-state index contributed by atoms with van der Waals surface area (Å²) in [6.45, 7) is 8.19. The van der Waals surface area contributed by atoms with E-state index >= 15 is 0 Å². The van der Waals surface area contributed by atoms with Crippen molar-refractivity contribution in [2.24, 2.45) is 0 Å². The summed E-state index contributed by atoms with van der Waals surface area (Å²) >= 11 is 0. The fraction of sp³-hybridized carbons (Fsp3) is 0.320. The number of ether oxygens (including phenoxy) is 2. The van der Waals surface area contributed by atoms with Crippen LogP contribution < -0.4 is 14.8 Å². The van der Waals surface area contributed by atoms with Crippen LogP contribution in [0.25, 0.3) is 22.3 Å². The molecule has 3 aromatic heterocycles. The Labute approximate surface area is 192 Å². The lowest BCUT2D eigenvalue weighted by molar-refractivity contribution is 0.0952. The summed E-state index contributed by atoms with van der Waals surface area (Å²) in [5, 5.41) is 8.19. The fourth-order valence-electron chi connectivity index (χ4n) is 3.88. The van der Waals surface area contributed by atoms with E-state index in [-0.39, 0.29) is 11.9 Å². The second-order valence-corrected chi connectivity index (χ2v) is 8.17. The van der Waals surface area contributed by atoms with E-state index in [1.807, 2.05) is 56.6 Å². The van der Waals surface area contributed by atoms with E-state index < -0.39 is 0 Å². The third kappa shape index (κ3) is 4.28. The predicted octanol–water partition coefficient (Wildman–Crippen LogP) is 4.84. The highest BCUT2D eigenvalue weighted by Gasteiger charge is 2.20. The minimum absolute atomic E-state index is 0.0973. The third-order valence-electron chi connectivity index (χ3n) is 5.52. The summed E-state index contributed by atoms with van der Waals surface area (Å²) < 4.78 is 18.2. The van der Waals surface area contributed by atoms with Crippen LogP contribution in [-0.2, 0) is 6.54 Å². The van der Waals surface area contributed by atoms with E-state index in [2.05, 4.69) is 10.4 Å². The summed E-state index contributed by atoms with van der Waals surface area (Å²) in [4.78, 5) is 18.1. The molecule has 3 heterocycles. The van der Waals surface area contributed by atoms with Gasteiger partial charge in [0.05, 0.1) is 37.1 Å². The number of fused-ring (bicyclic) bond motifs is 1. The topological polar surface area (TPSA) is 91.4 Å². The maximum atomic E-state index is 13.3. The van der Waals surface area contributed by atoms with Crippen molar-refractivity contribution in [1.29, 1.82) is 0 Å². The SMILES string of the molecule is COc1ccc(CNC(=O)c2cc(-c3cc(C)oc3C)nc3c2cnn3C(C)C)cc1OC. The van der Waals surface area contributed by atoms with Crippen molar-refractivity contribution >= 4 is 16.9 Å². The molecule has 1 aromatic carbocycles. The molecule has 0 radical (unpaired) electrons. The normalized spacial score (nSPS) is 11.2. The molecular weight excluding hydrogens is 420 g/mol. The molecule has 0 atom stereocenters. The lowest BCUT2D eigenvalue weighted by atomic mass is 10.1. The average molecular weight is 449 g/mol. The van der Waals surface area contributed by atoms with Gasteiger partial charge in [0, 0.05) is 18.2 Å². The van der Waals surface area contributed by atoms with Crippen molar-refractivity contribution in [2.75, 3.05) is 14.2 Å². The number of rotatable bonds is 7. The van der Waals surface area contributed by atoms with Crippen LogP contribution in [0.1, 0.15) is 47.3 Å². The van der Waals surface area contributed by atoms with Crippen LogP contribution in [-0.4, -0.2) is 34.9 Å². The summed E-state index contributed by atoms with van der Waals surface area (Å²) in [5.74, 6) is 2.59. The molecule has 0 aliphatic carbocycles. The number of furan rings is 1. The molecule has 0 unspecified atom stereocenters. The van der Waals surface area contributed by atoms with Gasteiger partial charge in [-0.05, 0) is 57.5 Å². The van der Waals surface area contributed by atoms with Gasteiger partial charge in [0.25, 0.3) is 5.91 Å². The van der Waals surface area contributed by atoms with Crippen LogP contribution in [0.4, 0.5) is 0 Å². The first-order chi connectivity index (χ1) is 15.8. The standard InChI is InChI=1S/C25H28N4O4/c1-14(2)29-24-20(13-27-29)19(11-21(28-24)18-9-15(3)33-16(18)4)25(30)26-12-17-7-8-22(31-5)23(10-17)32-6/h7-11,13-14H,12H2,1-6H3,(H,26,30). The van der Waals surface area contributed by atoms with Gasteiger partial charge in [-0.25, -0.2) is 9.67 Å². The Morgan fingerprint density at radius 3 is 2.52 bits per heavy atom. The largest absolute Gasteiger partial charge is 0.493 e. The number of carbonyl (C=O) groups is 1. The number of carbonyl (C=O) groups excluding carboxylic acids is 1. The molecule has 0 aliphatic heterocycles. The summed E-state index contributed by atoms with van der Waals surface area (Å²) in [7, 11) is 3.17. The maximum Gasteiger partial charge on any atom is 0.252 e. The quantitative estimate of drug-likeness (QED) is 0.435. The zero-order valence-corrected chi connectivity index (χ0v) is 19.7. The van der Waals surface area contributed by atoms with Crippen LogP contribution in [0, 0.1) is 13.8 Å². The second-order valence-electron chi connectivity index (χ2n) is 8.17. The summed E-state index contributed by atoms with van der Waals surface area (Å²) in [6.07, 6.45) is 1.70. The van der Waals surface area contributed by atoms with Gasteiger partial charge in [-0.15, -0.1) is 0 Å². The molecule has 0 spiro atoms.